The lowest BCUT2D eigenvalue weighted by molar-refractivity contribution is 0.0987. The fourth-order valence-electron chi connectivity index (χ4n) is 5.03. The summed E-state index contributed by atoms with van der Waals surface area (Å²) in [6.45, 7) is 4.26. The van der Waals surface area contributed by atoms with Crippen LogP contribution in [0.3, 0.4) is 0 Å². The van der Waals surface area contributed by atoms with Crippen molar-refractivity contribution in [3.63, 3.8) is 0 Å². The number of aryl methyl sites for hydroxylation is 1. The van der Waals surface area contributed by atoms with Gasteiger partial charge in [-0.25, -0.2) is 0 Å². The molecule has 4 atom stereocenters. The molecule has 0 radical (unpaired) electrons. The molecule has 0 saturated carbocycles. The molecule has 2 aromatic carbocycles. The molecule has 2 saturated heterocycles. The third-order valence-electron chi connectivity index (χ3n) is 6.49. The zero-order valence-electron chi connectivity index (χ0n) is 15.5. The molecule has 2 aliphatic rings. The summed E-state index contributed by atoms with van der Waals surface area (Å²) in [5.41, 5.74) is 4.28. The molecule has 2 heteroatoms. The Balaban J connectivity index is 1.49. The third-order valence-corrected chi connectivity index (χ3v) is 6.49. The first-order chi connectivity index (χ1) is 12.2. The number of piperidine rings is 1. The van der Waals surface area contributed by atoms with Gasteiger partial charge in [0.15, 0.2) is 0 Å². The Morgan fingerprint density at radius 3 is 2.52 bits per heavy atom. The zero-order chi connectivity index (χ0) is 17.2. The van der Waals surface area contributed by atoms with Crippen LogP contribution in [0.5, 0.6) is 0 Å². The molecule has 2 heterocycles. The van der Waals surface area contributed by atoms with Crippen molar-refractivity contribution in [2.75, 3.05) is 13.6 Å². The maximum Gasteiger partial charge on any atom is 0.0205 e. The van der Waals surface area contributed by atoms with Gasteiger partial charge in [-0.15, -0.1) is 0 Å². The summed E-state index contributed by atoms with van der Waals surface area (Å²) in [4.78, 5) is 2.67. The van der Waals surface area contributed by atoms with Gasteiger partial charge in [0.05, 0.1) is 0 Å². The van der Waals surface area contributed by atoms with Gasteiger partial charge in [0, 0.05) is 25.2 Å². The minimum Gasteiger partial charge on any atom is -0.312 e. The van der Waals surface area contributed by atoms with Crippen LogP contribution in [-0.2, 0) is 6.54 Å². The Bertz CT molecular complexity index is 679. The summed E-state index contributed by atoms with van der Waals surface area (Å²) in [7, 11) is 2.35. The van der Waals surface area contributed by atoms with Crippen LogP contribution < -0.4 is 5.32 Å². The highest BCUT2D eigenvalue weighted by Gasteiger charge is 2.45. The molecular weight excluding hydrogens is 304 g/mol. The van der Waals surface area contributed by atoms with E-state index < -0.39 is 0 Å². The van der Waals surface area contributed by atoms with Crippen molar-refractivity contribution in [3.05, 3.63) is 71.3 Å². The van der Waals surface area contributed by atoms with Crippen molar-refractivity contribution in [2.24, 2.45) is 5.92 Å². The number of benzene rings is 2. The number of hydrogen-bond acceptors (Lipinski definition) is 2. The molecule has 0 amide bonds. The van der Waals surface area contributed by atoms with E-state index in [4.69, 9.17) is 0 Å². The molecule has 2 nitrogen and oxygen atoms in total. The second-order valence-electron chi connectivity index (χ2n) is 8.00. The average molecular weight is 335 g/mol. The smallest absolute Gasteiger partial charge is 0.0205 e. The van der Waals surface area contributed by atoms with E-state index in [-0.39, 0.29) is 0 Å². The fourth-order valence-corrected chi connectivity index (χ4v) is 5.03. The first-order valence-corrected chi connectivity index (χ1v) is 9.75. The van der Waals surface area contributed by atoms with Crippen LogP contribution >= 0.6 is 0 Å². The molecule has 0 aliphatic carbocycles. The molecule has 25 heavy (non-hydrogen) atoms. The maximum atomic E-state index is 3.76. The van der Waals surface area contributed by atoms with Gasteiger partial charge in [0.25, 0.3) is 0 Å². The predicted molar refractivity (Wildman–Crippen MR) is 105 cm³/mol. The van der Waals surface area contributed by atoms with Gasteiger partial charge in [-0.3, -0.25) is 0 Å². The van der Waals surface area contributed by atoms with E-state index in [2.05, 4.69) is 78.8 Å². The van der Waals surface area contributed by atoms with Gasteiger partial charge in [0.1, 0.15) is 0 Å². The monoisotopic (exact) mass is 334 g/mol. The third kappa shape index (κ3) is 3.51. The maximum absolute atomic E-state index is 3.76. The average Bonchev–Trinajstić information content (AvgIpc) is 2.88. The van der Waals surface area contributed by atoms with Crippen molar-refractivity contribution in [1.29, 1.82) is 0 Å². The fraction of sp³-hybridized carbons (Fsp3) is 0.478. The van der Waals surface area contributed by atoms with Crippen LogP contribution in [0.25, 0.3) is 0 Å². The molecule has 0 unspecified atom stereocenters. The highest BCUT2D eigenvalue weighted by molar-refractivity contribution is 5.27. The van der Waals surface area contributed by atoms with Crippen molar-refractivity contribution in [1.82, 2.24) is 10.2 Å². The lowest BCUT2D eigenvalue weighted by atomic mass is 9.76. The standard InChI is InChI=1S/C23H30N2/c1-17-8-10-19(11-9-17)21-14-20-12-13-23(25(20)2)22(21)16-24-15-18-6-4-3-5-7-18/h3-11,20-24H,12-16H2,1-2H3/t20-,21+,22-,23+/m0/s1. The largest absolute Gasteiger partial charge is 0.312 e. The van der Waals surface area contributed by atoms with Crippen molar-refractivity contribution < 1.29 is 0 Å². The molecule has 1 N–H and O–H groups in total. The van der Waals surface area contributed by atoms with Crippen molar-refractivity contribution >= 4 is 0 Å². The lowest BCUT2D eigenvalue weighted by Crippen LogP contribution is -2.49. The first kappa shape index (κ1) is 16.8. The van der Waals surface area contributed by atoms with Gasteiger partial charge < -0.3 is 10.2 Å². The molecule has 0 aromatic heterocycles. The SMILES string of the molecule is Cc1ccc([C@H]2C[C@@H]3CC[C@H]([C@H]2CNCc2ccccc2)N3C)cc1. The summed E-state index contributed by atoms with van der Waals surface area (Å²) in [5, 5.41) is 3.76. The summed E-state index contributed by atoms with van der Waals surface area (Å²) in [6, 6.07) is 21.6. The van der Waals surface area contributed by atoms with Crippen molar-refractivity contribution in [3.8, 4) is 0 Å². The van der Waals surface area contributed by atoms with E-state index in [1.807, 2.05) is 0 Å². The van der Waals surface area contributed by atoms with E-state index in [0.717, 1.165) is 25.2 Å². The molecule has 2 aliphatic heterocycles. The molecule has 0 spiro atoms. The Morgan fingerprint density at radius 1 is 1.00 bits per heavy atom. The number of hydrogen-bond donors (Lipinski definition) is 1. The topological polar surface area (TPSA) is 15.3 Å². The van der Waals surface area contributed by atoms with Gasteiger partial charge >= 0.3 is 0 Å². The van der Waals surface area contributed by atoms with Gasteiger partial charge in [-0.2, -0.15) is 0 Å². The summed E-state index contributed by atoms with van der Waals surface area (Å²) in [6.07, 6.45) is 4.05. The van der Waals surface area contributed by atoms with E-state index >= 15 is 0 Å². The minimum absolute atomic E-state index is 0.692. The molecule has 2 aromatic rings. The van der Waals surface area contributed by atoms with Crippen LogP contribution in [0.4, 0.5) is 0 Å². The first-order valence-electron chi connectivity index (χ1n) is 9.75. The van der Waals surface area contributed by atoms with Crippen LogP contribution in [0.2, 0.25) is 0 Å². The summed E-state index contributed by atoms with van der Waals surface area (Å²) >= 11 is 0. The number of nitrogens with one attached hydrogen (secondary N) is 1. The molecule has 132 valence electrons. The van der Waals surface area contributed by atoms with E-state index in [1.54, 1.807) is 5.56 Å². The second-order valence-corrected chi connectivity index (χ2v) is 8.00. The summed E-state index contributed by atoms with van der Waals surface area (Å²) < 4.78 is 0. The predicted octanol–water partition coefficient (Wildman–Crippen LogP) is 4.35. The summed E-state index contributed by atoms with van der Waals surface area (Å²) in [5.74, 6) is 1.40. The normalized spacial score (nSPS) is 29.0. The van der Waals surface area contributed by atoms with Crippen LogP contribution in [0.1, 0.15) is 41.9 Å². The number of rotatable bonds is 5. The van der Waals surface area contributed by atoms with Crippen LogP contribution in [0.15, 0.2) is 54.6 Å². The van der Waals surface area contributed by atoms with Gasteiger partial charge in [-0.05, 0) is 56.2 Å². The van der Waals surface area contributed by atoms with Crippen LogP contribution in [0, 0.1) is 12.8 Å². The zero-order valence-corrected chi connectivity index (χ0v) is 15.5. The lowest BCUT2D eigenvalue weighted by Gasteiger charge is -2.43. The molecular formula is C23H30N2. The Kier molecular flexibility index (Phi) is 4.91. The Morgan fingerprint density at radius 2 is 1.76 bits per heavy atom. The van der Waals surface area contributed by atoms with Gasteiger partial charge in [0.2, 0.25) is 0 Å². The Labute approximate surface area is 152 Å². The van der Waals surface area contributed by atoms with E-state index in [9.17, 15) is 0 Å². The molecule has 2 fully saturated rings. The Hall–Kier alpha value is -1.64. The molecule has 4 rings (SSSR count). The highest BCUT2D eigenvalue weighted by atomic mass is 15.2. The highest BCUT2D eigenvalue weighted by Crippen LogP contribution is 2.45. The van der Waals surface area contributed by atoms with E-state index in [0.29, 0.717) is 11.8 Å². The minimum atomic E-state index is 0.692. The number of nitrogens with zero attached hydrogens (tertiary/aromatic N) is 1. The quantitative estimate of drug-likeness (QED) is 0.874. The second kappa shape index (κ2) is 7.31. The number of fused-ring (bicyclic) bond motifs is 2. The van der Waals surface area contributed by atoms with E-state index in [1.165, 1.54) is 30.4 Å². The van der Waals surface area contributed by atoms with Gasteiger partial charge in [-0.1, -0.05) is 60.2 Å². The molecule has 2 bridgehead atoms. The van der Waals surface area contributed by atoms with Crippen molar-refractivity contribution in [2.45, 2.75) is 50.7 Å². The van der Waals surface area contributed by atoms with Crippen LogP contribution in [-0.4, -0.2) is 30.6 Å².